The van der Waals surface area contributed by atoms with Crippen molar-refractivity contribution in [2.24, 2.45) is 0 Å². The molecule has 0 bridgehead atoms. The Morgan fingerprint density at radius 1 is 0.919 bits per heavy atom. The van der Waals surface area contributed by atoms with Crippen molar-refractivity contribution in [1.29, 1.82) is 0 Å². The third kappa shape index (κ3) is 3.74. The number of aromatic amines is 1. The SMILES string of the molecule is CC1(C)OB(c2ccc(-c3ccc4nc(C5CCCN5)[nH]c4c3)c3c2CCCC32CCCC2)OC1(C)C. The molecular weight excluding hydrogens is 457 g/mol. The van der Waals surface area contributed by atoms with Gasteiger partial charge in [-0.3, -0.25) is 0 Å². The normalized spacial score (nSPS) is 25.8. The van der Waals surface area contributed by atoms with Crippen LogP contribution in [0.3, 0.4) is 0 Å². The first-order valence-electron chi connectivity index (χ1n) is 14.5. The Hall–Kier alpha value is -2.15. The van der Waals surface area contributed by atoms with E-state index in [1.165, 1.54) is 67.1 Å². The van der Waals surface area contributed by atoms with Crippen molar-refractivity contribution < 1.29 is 9.31 Å². The summed E-state index contributed by atoms with van der Waals surface area (Å²) in [5.74, 6) is 1.08. The van der Waals surface area contributed by atoms with Gasteiger partial charge in [0.2, 0.25) is 0 Å². The predicted octanol–water partition coefficient (Wildman–Crippen LogP) is 6.10. The first-order valence-corrected chi connectivity index (χ1v) is 14.5. The summed E-state index contributed by atoms with van der Waals surface area (Å²) in [4.78, 5) is 8.58. The lowest BCUT2D eigenvalue weighted by atomic mass is 9.61. The van der Waals surface area contributed by atoms with E-state index in [2.05, 4.69) is 68.3 Å². The predicted molar refractivity (Wildman–Crippen MR) is 150 cm³/mol. The first kappa shape index (κ1) is 23.9. The monoisotopic (exact) mass is 497 g/mol. The molecule has 4 aliphatic rings. The molecule has 1 aromatic heterocycles. The standard InChI is InChI=1S/C31H40BN3O2/c1-29(2)30(3,4)37-32(36-29)23-13-12-21(27-22(23)9-7-17-31(27)15-5-6-16-31)20-11-14-24-26(19-20)35-28(34-24)25-10-8-18-33-25/h11-14,19,25,33H,5-10,15-18H2,1-4H3,(H,34,35). The van der Waals surface area contributed by atoms with Crippen LogP contribution < -0.4 is 10.8 Å². The summed E-state index contributed by atoms with van der Waals surface area (Å²) in [7, 11) is -0.305. The van der Waals surface area contributed by atoms with E-state index >= 15 is 0 Å². The van der Waals surface area contributed by atoms with Gasteiger partial charge in [-0.05, 0) is 124 Å². The van der Waals surface area contributed by atoms with Crippen molar-refractivity contribution in [3.05, 3.63) is 47.3 Å². The van der Waals surface area contributed by atoms with Crippen LogP contribution in [0.15, 0.2) is 30.3 Å². The van der Waals surface area contributed by atoms with E-state index in [0.29, 0.717) is 6.04 Å². The zero-order chi connectivity index (χ0) is 25.4. The van der Waals surface area contributed by atoms with Crippen molar-refractivity contribution in [3.63, 3.8) is 0 Å². The van der Waals surface area contributed by atoms with E-state index in [1.54, 1.807) is 5.56 Å². The van der Waals surface area contributed by atoms with Crippen molar-refractivity contribution in [2.45, 2.75) is 108 Å². The second kappa shape index (κ2) is 8.43. The van der Waals surface area contributed by atoms with Crippen LogP contribution in [0.5, 0.6) is 0 Å². The number of hydrogen-bond donors (Lipinski definition) is 2. The molecule has 3 heterocycles. The van der Waals surface area contributed by atoms with Crippen LogP contribution in [0.4, 0.5) is 0 Å². The fourth-order valence-electron chi connectivity index (χ4n) is 7.53. The molecule has 194 valence electrons. The zero-order valence-corrected chi connectivity index (χ0v) is 22.9. The molecular formula is C31H40BN3O2. The van der Waals surface area contributed by atoms with Gasteiger partial charge in [0.15, 0.2) is 0 Å². The Morgan fingerprint density at radius 2 is 1.68 bits per heavy atom. The molecule has 3 aromatic rings. The number of hydrogen-bond acceptors (Lipinski definition) is 4. The second-order valence-electron chi connectivity index (χ2n) is 13.0. The van der Waals surface area contributed by atoms with Gasteiger partial charge in [-0.2, -0.15) is 0 Å². The molecule has 6 heteroatoms. The van der Waals surface area contributed by atoms with Gasteiger partial charge in [0.1, 0.15) is 5.82 Å². The Kier molecular flexibility index (Phi) is 5.45. The molecule has 0 amide bonds. The Morgan fingerprint density at radius 3 is 2.41 bits per heavy atom. The molecule has 1 saturated carbocycles. The third-order valence-corrected chi connectivity index (χ3v) is 10.2. The molecule has 2 aromatic carbocycles. The molecule has 2 aliphatic heterocycles. The second-order valence-corrected chi connectivity index (χ2v) is 13.0. The van der Waals surface area contributed by atoms with Gasteiger partial charge in [0.25, 0.3) is 0 Å². The van der Waals surface area contributed by atoms with E-state index in [0.717, 1.165) is 36.2 Å². The fourth-order valence-corrected chi connectivity index (χ4v) is 7.53. The molecule has 1 unspecified atom stereocenters. The van der Waals surface area contributed by atoms with Crippen LogP contribution in [0, 0.1) is 0 Å². The van der Waals surface area contributed by atoms with Crippen LogP contribution in [0.1, 0.15) is 102 Å². The lowest BCUT2D eigenvalue weighted by Crippen LogP contribution is -2.41. The number of H-pyrrole nitrogens is 1. The minimum Gasteiger partial charge on any atom is -0.399 e. The van der Waals surface area contributed by atoms with Gasteiger partial charge in [-0.25, -0.2) is 4.98 Å². The number of aromatic nitrogens is 2. The minimum atomic E-state index is -0.333. The molecule has 3 fully saturated rings. The lowest BCUT2D eigenvalue weighted by molar-refractivity contribution is 0.00578. The summed E-state index contributed by atoms with van der Waals surface area (Å²) in [5.41, 5.74) is 8.84. The number of imidazole rings is 1. The average Bonchev–Trinajstić information content (AvgIpc) is 3.65. The molecule has 1 atom stereocenters. The van der Waals surface area contributed by atoms with Crippen LogP contribution >= 0.6 is 0 Å². The Bertz CT molecular complexity index is 1330. The van der Waals surface area contributed by atoms with Crippen LogP contribution in [-0.2, 0) is 21.1 Å². The number of rotatable bonds is 3. The van der Waals surface area contributed by atoms with E-state index in [9.17, 15) is 0 Å². The summed E-state index contributed by atoms with van der Waals surface area (Å²) < 4.78 is 13.2. The quantitative estimate of drug-likeness (QED) is 0.429. The Balaban J connectivity index is 1.36. The molecule has 1 spiro atoms. The topological polar surface area (TPSA) is 59.2 Å². The van der Waals surface area contributed by atoms with E-state index in [4.69, 9.17) is 14.3 Å². The summed E-state index contributed by atoms with van der Waals surface area (Å²) in [6, 6.07) is 11.8. The largest absolute Gasteiger partial charge is 0.495 e. The maximum atomic E-state index is 6.58. The molecule has 7 rings (SSSR count). The minimum absolute atomic E-state index is 0.282. The smallest absolute Gasteiger partial charge is 0.399 e. The fraction of sp³-hybridized carbons (Fsp3) is 0.581. The van der Waals surface area contributed by atoms with E-state index in [-0.39, 0.29) is 23.7 Å². The van der Waals surface area contributed by atoms with Gasteiger partial charge in [-0.15, -0.1) is 0 Å². The molecule has 2 aliphatic carbocycles. The average molecular weight is 497 g/mol. The molecule has 37 heavy (non-hydrogen) atoms. The third-order valence-electron chi connectivity index (χ3n) is 10.2. The van der Waals surface area contributed by atoms with Crippen LogP contribution in [-0.4, -0.2) is 34.8 Å². The molecule has 2 saturated heterocycles. The maximum absolute atomic E-state index is 6.58. The molecule has 5 nitrogen and oxygen atoms in total. The number of nitrogens with one attached hydrogen (secondary N) is 2. The van der Waals surface area contributed by atoms with Crippen LogP contribution in [0.2, 0.25) is 0 Å². The van der Waals surface area contributed by atoms with Gasteiger partial charge in [0, 0.05) is 0 Å². The number of fused-ring (bicyclic) bond motifs is 3. The summed E-state index contributed by atoms with van der Waals surface area (Å²) >= 11 is 0. The van der Waals surface area contributed by atoms with E-state index in [1.807, 2.05) is 0 Å². The van der Waals surface area contributed by atoms with E-state index < -0.39 is 0 Å². The summed E-state index contributed by atoms with van der Waals surface area (Å²) in [6.07, 6.45) is 11.3. The maximum Gasteiger partial charge on any atom is 0.495 e. The van der Waals surface area contributed by atoms with Crippen molar-refractivity contribution in [1.82, 2.24) is 15.3 Å². The number of nitrogens with zero attached hydrogens (tertiary/aromatic N) is 1. The summed E-state index contributed by atoms with van der Waals surface area (Å²) in [5, 5.41) is 3.58. The zero-order valence-electron chi connectivity index (χ0n) is 22.9. The van der Waals surface area contributed by atoms with Gasteiger partial charge in [0.05, 0.1) is 28.3 Å². The highest BCUT2D eigenvalue weighted by Gasteiger charge is 2.53. The van der Waals surface area contributed by atoms with Crippen molar-refractivity contribution in [2.75, 3.05) is 6.54 Å². The van der Waals surface area contributed by atoms with Crippen LogP contribution in [0.25, 0.3) is 22.2 Å². The highest BCUT2D eigenvalue weighted by molar-refractivity contribution is 6.62. The van der Waals surface area contributed by atoms with Crippen molar-refractivity contribution >= 4 is 23.6 Å². The van der Waals surface area contributed by atoms with Gasteiger partial charge >= 0.3 is 7.12 Å². The number of benzene rings is 2. The van der Waals surface area contributed by atoms with Gasteiger partial charge < -0.3 is 19.6 Å². The molecule has 2 N–H and O–H groups in total. The lowest BCUT2D eigenvalue weighted by Gasteiger charge is -2.39. The first-order chi connectivity index (χ1) is 17.8. The molecule has 0 radical (unpaired) electrons. The Labute approximate surface area is 221 Å². The van der Waals surface area contributed by atoms with Gasteiger partial charge in [-0.1, -0.05) is 31.0 Å². The van der Waals surface area contributed by atoms with Crippen molar-refractivity contribution in [3.8, 4) is 11.1 Å². The highest BCUT2D eigenvalue weighted by Crippen LogP contribution is 2.52. The summed E-state index contributed by atoms with van der Waals surface area (Å²) in [6.45, 7) is 9.70. The highest BCUT2D eigenvalue weighted by atomic mass is 16.7.